The van der Waals surface area contributed by atoms with E-state index in [0.29, 0.717) is 6.42 Å². The third-order valence-corrected chi connectivity index (χ3v) is 3.86. The number of aliphatic hydroxyl groups is 1. The zero-order valence-electron chi connectivity index (χ0n) is 9.69. The van der Waals surface area contributed by atoms with Gasteiger partial charge in [-0.05, 0) is 25.0 Å². The van der Waals surface area contributed by atoms with E-state index >= 15 is 0 Å². The average Bonchev–Trinajstić information content (AvgIpc) is 2.67. The molecule has 2 unspecified atom stereocenters. The second kappa shape index (κ2) is 6.26. The third kappa shape index (κ3) is 3.59. The molecule has 15 heavy (non-hydrogen) atoms. The Morgan fingerprint density at radius 1 is 1.33 bits per heavy atom. The van der Waals surface area contributed by atoms with Gasteiger partial charge in [-0.1, -0.05) is 13.8 Å². The van der Waals surface area contributed by atoms with Crippen molar-refractivity contribution in [3.63, 3.8) is 0 Å². The van der Waals surface area contributed by atoms with Crippen LogP contribution in [-0.4, -0.2) is 24.4 Å². The van der Waals surface area contributed by atoms with Crippen LogP contribution in [0.2, 0.25) is 0 Å². The number of methoxy groups -OCH3 is 1. The van der Waals surface area contributed by atoms with Crippen molar-refractivity contribution in [3.05, 3.63) is 21.9 Å². The summed E-state index contributed by atoms with van der Waals surface area (Å²) >= 11 is 1.78. The first-order valence-corrected chi connectivity index (χ1v) is 6.31. The van der Waals surface area contributed by atoms with E-state index in [0.717, 1.165) is 12.8 Å². The smallest absolute Gasteiger partial charge is 0.0849 e. The predicted molar refractivity (Wildman–Crippen MR) is 64.5 cm³/mol. The van der Waals surface area contributed by atoms with Crippen LogP contribution in [0.25, 0.3) is 0 Å². The van der Waals surface area contributed by atoms with Crippen molar-refractivity contribution < 1.29 is 9.84 Å². The second-order valence-electron chi connectivity index (χ2n) is 3.68. The van der Waals surface area contributed by atoms with Gasteiger partial charge in [0.05, 0.1) is 12.2 Å². The molecule has 0 aliphatic rings. The van der Waals surface area contributed by atoms with Crippen LogP contribution in [0.5, 0.6) is 0 Å². The van der Waals surface area contributed by atoms with E-state index in [1.807, 2.05) is 6.92 Å². The van der Waals surface area contributed by atoms with Crippen molar-refractivity contribution in [3.8, 4) is 0 Å². The highest BCUT2D eigenvalue weighted by atomic mass is 32.1. The molecule has 0 spiro atoms. The first kappa shape index (κ1) is 12.7. The van der Waals surface area contributed by atoms with Crippen LogP contribution < -0.4 is 0 Å². The number of ether oxygens (including phenoxy) is 1. The molecule has 1 aromatic heterocycles. The Morgan fingerprint density at radius 3 is 2.47 bits per heavy atom. The van der Waals surface area contributed by atoms with Gasteiger partial charge in [0, 0.05) is 23.3 Å². The molecule has 1 N–H and O–H groups in total. The van der Waals surface area contributed by atoms with E-state index in [4.69, 9.17) is 4.74 Å². The second-order valence-corrected chi connectivity index (χ2v) is 4.93. The molecule has 1 heterocycles. The molecule has 3 heteroatoms. The maximum atomic E-state index is 9.93. The molecule has 0 aliphatic heterocycles. The van der Waals surface area contributed by atoms with Crippen LogP contribution in [-0.2, 0) is 17.6 Å². The molecular weight excluding hydrogens is 208 g/mol. The molecule has 2 nitrogen and oxygen atoms in total. The zero-order valence-corrected chi connectivity index (χ0v) is 10.5. The van der Waals surface area contributed by atoms with Crippen LogP contribution >= 0.6 is 11.3 Å². The molecule has 0 amide bonds. The highest BCUT2D eigenvalue weighted by Crippen LogP contribution is 2.20. The summed E-state index contributed by atoms with van der Waals surface area (Å²) in [6.45, 7) is 4.18. The predicted octanol–water partition coefficient (Wildman–Crippen LogP) is 2.64. The summed E-state index contributed by atoms with van der Waals surface area (Å²) in [5.41, 5.74) is 0. The lowest BCUT2D eigenvalue weighted by Gasteiger charge is -2.19. The average molecular weight is 228 g/mol. The molecular formula is C12H20O2S. The molecule has 0 aliphatic carbocycles. The quantitative estimate of drug-likeness (QED) is 0.811. The Morgan fingerprint density at radius 2 is 2.00 bits per heavy atom. The molecule has 1 rings (SSSR count). The molecule has 1 aromatic rings. The van der Waals surface area contributed by atoms with Crippen LogP contribution in [0.1, 0.15) is 30.0 Å². The molecule has 0 fully saturated rings. The summed E-state index contributed by atoms with van der Waals surface area (Å²) in [7, 11) is 1.66. The lowest BCUT2D eigenvalue weighted by atomic mass is 10.1. The molecule has 0 saturated carbocycles. The topological polar surface area (TPSA) is 29.5 Å². The Kier molecular flexibility index (Phi) is 5.29. The van der Waals surface area contributed by atoms with Gasteiger partial charge >= 0.3 is 0 Å². The number of aliphatic hydroxyl groups excluding tert-OH is 1. The number of thiophene rings is 1. The molecule has 0 saturated heterocycles. The number of hydrogen-bond acceptors (Lipinski definition) is 3. The van der Waals surface area contributed by atoms with E-state index in [2.05, 4.69) is 19.1 Å². The largest absolute Gasteiger partial charge is 0.390 e. The fraction of sp³-hybridized carbons (Fsp3) is 0.667. The summed E-state index contributed by atoms with van der Waals surface area (Å²) in [4.78, 5) is 2.62. The maximum Gasteiger partial charge on any atom is 0.0849 e. The summed E-state index contributed by atoms with van der Waals surface area (Å²) in [6.07, 6.45) is 2.20. The normalized spacial score (nSPS) is 15.2. The fourth-order valence-corrected chi connectivity index (χ4v) is 2.66. The zero-order chi connectivity index (χ0) is 11.3. The maximum absolute atomic E-state index is 9.93. The van der Waals surface area contributed by atoms with Crippen molar-refractivity contribution >= 4 is 11.3 Å². The molecule has 0 radical (unpaired) electrons. The Hall–Kier alpha value is -0.380. The van der Waals surface area contributed by atoms with Gasteiger partial charge in [0.1, 0.15) is 0 Å². The Labute approximate surface area is 95.9 Å². The van der Waals surface area contributed by atoms with E-state index in [1.54, 1.807) is 18.4 Å². The van der Waals surface area contributed by atoms with Crippen molar-refractivity contribution in [2.45, 2.75) is 45.3 Å². The molecule has 0 bridgehead atoms. The van der Waals surface area contributed by atoms with E-state index in [1.165, 1.54) is 9.75 Å². The molecule has 2 atom stereocenters. The summed E-state index contributed by atoms with van der Waals surface area (Å²) in [5, 5.41) is 9.93. The van der Waals surface area contributed by atoms with Crippen molar-refractivity contribution in [2.24, 2.45) is 0 Å². The SMILES string of the molecule is CCc1ccc(CC(O)C(CC)OC)s1. The first-order valence-electron chi connectivity index (χ1n) is 5.49. The van der Waals surface area contributed by atoms with Crippen molar-refractivity contribution in [1.82, 2.24) is 0 Å². The molecule has 0 aromatic carbocycles. The van der Waals surface area contributed by atoms with E-state index in [9.17, 15) is 5.11 Å². The molecule has 86 valence electrons. The van der Waals surface area contributed by atoms with Gasteiger partial charge in [0.15, 0.2) is 0 Å². The minimum Gasteiger partial charge on any atom is -0.390 e. The minimum absolute atomic E-state index is 0.0443. The first-order chi connectivity index (χ1) is 7.21. The minimum atomic E-state index is -0.386. The van der Waals surface area contributed by atoms with Gasteiger partial charge in [-0.3, -0.25) is 0 Å². The van der Waals surface area contributed by atoms with E-state index in [-0.39, 0.29) is 12.2 Å². The van der Waals surface area contributed by atoms with E-state index < -0.39 is 0 Å². The van der Waals surface area contributed by atoms with Crippen LogP contribution in [0.4, 0.5) is 0 Å². The number of rotatable bonds is 6. The van der Waals surface area contributed by atoms with Crippen molar-refractivity contribution in [2.75, 3.05) is 7.11 Å². The van der Waals surface area contributed by atoms with Gasteiger partial charge in [-0.25, -0.2) is 0 Å². The van der Waals surface area contributed by atoms with Gasteiger partial charge in [0.25, 0.3) is 0 Å². The summed E-state index contributed by atoms with van der Waals surface area (Å²) in [5.74, 6) is 0. The Bertz CT molecular complexity index is 279. The monoisotopic (exact) mass is 228 g/mol. The third-order valence-electron chi connectivity index (χ3n) is 2.61. The number of hydrogen-bond donors (Lipinski definition) is 1. The summed E-state index contributed by atoms with van der Waals surface area (Å²) in [6, 6.07) is 4.25. The number of aryl methyl sites for hydroxylation is 1. The van der Waals surface area contributed by atoms with Crippen LogP contribution in [0.3, 0.4) is 0 Å². The van der Waals surface area contributed by atoms with Gasteiger partial charge in [0.2, 0.25) is 0 Å². The highest BCUT2D eigenvalue weighted by Gasteiger charge is 2.17. The summed E-state index contributed by atoms with van der Waals surface area (Å²) < 4.78 is 5.22. The van der Waals surface area contributed by atoms with Crippen LogP contribution in [0.15, 0.2) is 12.1 Å². The fourth-order valence-electron chi connectivity index (χ4n) is 1.66. The van der Waals surface area contributed by atoms with Crippen molar-refractivity contribution in [1.29, 1.82) is 0 Å². The lowest BCUT2D eigenvalue weighted by Crippen LogP contribution is -2.28. The van der Waals surface area contributed by atoms with Crippen LogP contribution in [0, 0.1) is 0 Å². The Balaban J connectivity index is 2.53. The van der Waals surface area contributed by atoms with Gasteiger partial charge in [-0.2, -0.15) is 0 Å². The standard InChI is InChI=1S/C12H20O2S/c1-4-9-6-7-10(15-9)8-11(13)12(5-2)14-3/h6-7,11-13H,4-5,8H2,1-3H3. The highest BCUT2D eigenvalue weighted by molar-refractivity contribution is 7.11. The van der Waals surface area contributed by atoms with Gasteiger partial charge < -0.3 is 9.84 Å². The lowest BCUT2D eigenvalue weighted by molar-refractivity contribution is -0.0125. The van der Waals surface area contributed by atoms with Gasteiger partial charge in [-0.15, -0.1) is 11.3 Å².